The number of rotatable bonds is 4. The van der Waals surface area contributed by atoms with Gasteiger partial charge in [0.1, 0.15) is 0 Å². The van der Waals surface area contributed by atoms with Gasteiger partial charge in [0.2, 0.25) is 0 Å². The van der Waals surface area contributed by atoms with E-state index in [9.17, 15) is 4.79 Å². The second kappa shape index (κ2) is 5.36. The highest BCUT2D eigenvalue weighted by Crippen LogP contribution is 1.97. The number of hydrogen-bond acceptors (Lipinski definition) is 3. The van der Waals surface area contributed by atoms with Gasteiger partial charge in [-0.15, -0.1) is 0 Å². The molecule has 14 heavy (non-hydrogen) atoms. The fourth-order valence-corrected chi connectivity index (χ4v) is 1.03. The van der Waals surface area contributed by atoms with Crippen LogP contribution in [0.4, 0.5) is 0 Å². The highest BCUT2D eigenvalue weighted by molar-refractivity contribution is 5.93. The van der Waals surface area contributed by atoms with Crippen molar-refractivity contribution >= 4 is 5.91 Å². The fraction of sp³-hybridized carbons (Fsp3) is 0.300. The average Bonchev–Trinajstić information content (AvgIpc) is 2.19. The van der Waals surface area contributed by atoms with Crippen LogP contribution in [0.3, 0.4) is 0 Å². The molecule has 0 aliphatic carbocycles. The predicted octanol–water partition coefficient (Wildman–Crippen LogP) is 0.255. The maximum atomic E-state index is 11.5. The van der Waals surface area contributed by atoms with E-state index in [0.29, 0.717) is 12.1 Å². The number of amides is 1. The van der Waals surface area contributed by atoms with Gasteiger partial charge in [-0.1, -0.05) is 18.2 Å². The minimum atomic E-state index is -0.165. The summed E-state index contributed by atoms with van der Waals surface area (Å²) in [5.74, 6) is -0.165. The minimum Gasteiger partial charge on any atom is -0.395 e. The third kappa shape index (κ3) is 3.16. The van der Waals surface area contributed by atoms with Crippen LogP contribution in [0, 0.1) is 0 Å². The van der Waals surface area contributed by atoms with E-state index in [1.54, 1.807) is 36.3 Å². The van der Waals surface area contributed by atoms with Crippen molar-refractivity contribution in [2.75, 3.05) is 20.2 Å². The minimum absolute atomic E-state index is 0.0194. The Morgan fingerprint density at radius 2 is 2.07 bits per heavy atom. The van der Waals surface area contributed by atoms with Gasteiger partial charge < -0.3 is 5.11 Å². The first-order chi connectivity index (χ1) is 6.74. The zero-order chi connectivity index (χ0) is 10.4. The SMILES string of the molecule is CN(CCO)NC(=O)c1ccccc1. The summed E-state index contributed by atoms with van der Waals surface area (Å²) in [5, 5.41) is 10.2. The molecule has 0 saturated heterocycles. The molecule has 0 aromatic heterocycles. The van der Waals surface area contributed by atoms with Crippen molar-refractivity contribution < 1.29 is 9.90 Å². The normalized spacial score (nSPS) is 10.2. The Hall–Kier alpha value is -1.39. The van der Waals surface area contributed by atoms with E-state index in [4.69, 9.17) is 5.11 Å². The summed E-state index contributed by atoms with van der Waals surface area (Å²) in [6, 6.07) is 8.94. The smallest absolute Gasteiger partial charge is 0.265 e. The van der Waals surface area contributed by atoms with E-state index >= 15 is 0 Å². The van der Waals surface area contributed by atoms with Gasteiger partial charge in [0.15, 0.2) is 0 Å². The van der Waals surface area contributed by atoms with Crippen molar-refractivity contribution in [2.24, 2.45) is 0 Å². The van der Waals surface area contributed by atoms with Crippen molar-refractivity contribution in [1.29, 1.82) is 0 Å². The second-order valence-corrected chi connectivity index (χ2v) is 2.95. The van der Waals surface area contributed by atoms with Gasteiger partial charge in [0.05, 0.1) is 6.61 Å². The zero-order valence-corrected chi connectivity index (χ0v) is 8.10. The summed E-state index contributed by atoms with van der Waals surface area (Å²) in [6.45, 7) is 0.435. The van der Waals surface area contributed by atoms with Crippen LogP contribution in [0.5, 0.6) is 0 Å². The number of aliphatic hydroxyl groups is 1. The van der Waals surface area contributed by atoms with E-state index in [1.165, 1.54) is 0 Å². The lowest BCUT2D eigenvalue weighted by Crippen LogP contribution is -2.40. The number of hydrogen-bond donors (Lipinski definition) is 2. The largest absolute Gasteiger partial charge is 0.395 e. The van der Waals surface area contributed by atoms with Crippen molar-refractivity contribution in [2.45, 2.75) is 0 Å². The summed E-state index contributed by atoms with van der Waals surface area (Å²) < 4.78 is 0. The number of nitrogens with one attached hydrogen (secondary N) is 1. The van der Waals surface area contributed by atoms with E-state index in [0.717, 1.165) is 0 Å². The number of likely N-dealkylation sites (N-methyl/N-ethyl adjacent to an activating group) is 1. The molecule has 0 heterocycles. The molecule has 1 aromatic carbocycles. The van der Waals surface area contributed by atoms with Crippen molar-refractivity contribution in [3.05, 3.63) is 35.9 Å². The third-order valence-corrected chi connectivity index (χ3v) is 1.76. The predicted molar refractivity (Wildman–Crippen MR) is 53.6 cm³/mol. The van der Waals surface area contributed by atoms with Crippen molar-refractivity contribution in [1.82, 2.24) is 10.4 Å². The lowest BCUT2D eigenvalue weighted by atomic mass is 10.2. The fourth-order valence-electron chi connectivity index (χ4n) is 1.03. The Bertz CT molecular complexity index is 287. The molecule has 1 rings (SSSR count). The lowest BCUT2D eigenvalue weighted by Gasteiger charge is -2.16. The Morgan fingerprint density at radius 1 is 1.43 bits per heavy atom. The van der Waals surface area contributed by atoms with Crippen LogP contribution >= 0.6 is 0 Å². The molecule has 4 heteroatoms. The first-order valence-electron chi connectivity index (χ1n) is 4.42. The maximum absolute atomic E-state index is 11.5. The number of hydrazine groups is 1. The number of carbonyl (C=O) groups is 1. The molecule has 0 fully saturated rings. The monoisotopic (exact) mass is 194 g/mol. The van der Waals surface area contributed by atoms with E-state index in [-0.39, 0.29) is 12.5 Å². The number of aliphatic hydroxyl groups excluding tert-OH is 1. The standard InChI is InChI=1S/C10H14N2O2/c1-12(7-8-13)11-10(14)9-5-3-2-4-6-9/h2-6,13H,7-8H2,1H3,(H,11,14). The van der Waals surface area contributed by atoms with Gasteiger partial charge in [-0.2, -0.15) is 0 Å². The molecule has 0 aliphatic heterocycles. The van der Waals surface area contributed by atoms with Gasteiger partial charge in [-0.05, 0) is 12.1 Å². The first-order valence-corrected chi connectivity index (χ1v) is 4.42. The average molecular weight is 194 g/mol. The van der Waals surface area contributed by atoms with Gasteiger partial charge in [-0.25, -0.2) is 5.01 Å². The number of benzene rings is 1. The quantitative estimate of drug-likeness (QED) is 0.676. The summed E-state index contributed by atoms with van der Waals surface area (Å²) in [6.07, 6.45) is 0. The van der Waals surface area contributed by atoms with Crippen LogP contribution in [-0.4, -0.2) is 36.2 Å². The van der Waals surface area contributed by atoms with Gasteiger partial charge in [-0.3, -0.25) is 10.2 Å². The molecule has 2 N–H and O–H groups in total. The highest BCUT2D eigenvalue weighted by atomic mass is 16.3. The Labute approximate surface area is 83.1 Å². The Balaban J connectivity index is 2.51. The Morgan fingerprint density at radius 3 is 2.64 bits per heavy atom. The molecular weight excluding hydrogens is 180 g/mol. The summed E-state index contributed by atoms with van der Waals surface area (Å²) in [7, 11) is 1.71. The molecule has 0 radical (unpaired) electrons. The molecule has 0 spiro atoms. The van der Waals surface area contributed by atoms with Crippen LogP contribution in [0.25, 0.3) is 0 Å². The molecule has 1 aromatic rings. The molecule has 0 bridgehead atoms. The van der Waals surface area contributed by atoms with Crippen LogP contribution in [0.2, 0.25) is 0 Å². The van der Waals surface area contributed by atoms with Crippen molar-refractivity contribution in [3.63, 3.8) is 0 Å². The first kappa shape index (κ1) is 10.7. The van der Waals surface area contributed by atoms with Crippen molar-refractivity contribution in [3.8, 4) is 0 Å². The van der Waals surface area contributed by atoms with E-state index in [2.05, 4.69) is 5.43 Å². The van der Waals surface area contributed by atoms with Crippen LogP contribution in [0.15, 0.2) is 30.3 Å². The molecule has 0 aliphatic rings. The van der Waals surface area contributed by atoms with Gasteiger partial charge in [0, 0.05) is 19.2 Å². The zero-order valence-electron chi connectivity index (χ0n) is 8.10. The van der Waals surface area contributed by atoms with Crippen LogP contribution in [-0.2, 0) is 0 Å². The van der Waals surface area contributed by atoms with Gasteiger partial charge >= 0.3 is 0 Å². The highest BCUT2D eigenvalue weighted by Gasteiger charge is 2.05. The lowest BCUT2D eigenvalue weighted by molar-refractivity contribution is 0.0803. The van der Waals surface area contributed by atoms with E-state index < -0.39 is 0 Å². The Kier molecular flexibility index (Phi) is 4.10. The summed E-state index contributed by atoms with van der Waals surface area (Å²) in [5.41, 5.74) is 3.24. The van der Waals surface area contributed by atoms with E-state index in [1.807, 2.05) is 6.07 Å². The summed E-state index contributed by atoms with van der Waals surface area (Å²) in [4.78, 5) is 11.5. The van der Waals surface area contributed by atoms with Crippen LogP contribution < -0.4 is 5.43 Å². The topological polar surface area (TPSA) is 52.6 Å². The molecule has 76 valence electrons. The number of nitrogens with zero attached hydrogens (tertiary/aromatic N) is 1. The summed E-state index contributed by atoms with van der Waals surface area (Å²) >= 11 is 0. The molecule has 4 nitrogen and oxygen atoms in total. The molecular formula is C10H14N2O2. The maximum Gasteiger partial charge on any atom is 0.265 e. The number of carbonyl (C=O) groups excluding carboxylic acids is 1. The molecule has 0 saturated carbocycles. The van der Waals surface area contributed by atoms with Gasteiger partial charge in [0.25, 0.3) is 5.91 Å². The molecule has 0 atom stereocenters. The molecule has 0 unspecified atom stereocenters. The third-order valence-electron chi connectivity index (χ3n) is 1.76. The second-order valence-electron chi connectivity index (χ2n) is 2.95. The molecule has 1 amide bonds. The van der Waals surface area contributed by atoms with Crippen LogP contribution in [0.1, 0.15) is 10.4 Å².